The molecule has 34 heavy (non-hydrogen) atoms. The average Bonchev–Trinajstić information content (AvgIpc) is 3.19. The van der Waals surface area contributed by atoms with Gasteiger partial charge in [-0.2, -0.15) is 13.2 Å². The van der Waals surface area contributed by atoms with Gasteiger partial charge in [0.1, 0.15) is 18.5 Å². The molecule has 1 atom stereocenters. The number of hydrogen-bond donors (Lipinski definition) is 1. The third kappa shape index (κ3) is 6.84. The average molecular weight is 497 g/mol. The highest BCUT2D eigenvalue weighted by molar-refractivity contribution is 7.17. The zero-order valence-electron chi connectivity index (χ0n) is 18.8. The third-order valence-electron chi connectivity index (χ3n) is 4.35. The van der Waals surface area contributed by atoms with Gasteiger partial charge >= 0.3 is 6.18 Å². The molecule has 0 saturated carbocycles. The van der Waals surface area contributed by atoms with Crippen LogP contribution in [-0.4, -0.2) is 58.7 Å². The molecule has 3 heterocycles. The van der Waals surface area contributed by atoms with E-state index in [-0.39, 0.29) is 22.5 Å². The van der Waals surface area contributed by atoms with Gasteiger partial charge in [-0.25, -0.2) is 0 Å². The molecule has 0 radical (unpaired) electrons. The summed E-state index contributed by atoms with van der Waals surface area (Å²) in [5.74, 6) is 0.0156. The fourth-order valence-corrected chi connectivity index (χ4v) is 3.59. The molecule has 9 nitrogen and oxygen atoms in total. The van der Waals surface area contributed by atoms with Crippen molar-refractivity contribution in [3.63, 3.8) is 0 Å². The number of methoxy groups -OCH3 is 1. The monoisotopic (exact) mass is 497 g/mol. The SMILES string of the molecule is COc1cnc(C)cc1-c1cc(C)ncc1C(=O)Nc1nnc(OC(C)COCC(F)(F)F)s1. The van der Waals surface area contributed by atoms with Crippen molar-refractivity contribution in [2.45, 2.75) is 33.1 Å². The Morgan fingerprint density at radius 3 is 2.47 bits per heavy atom. The Morgan fingerprint density at radius 1 is 1.12 bits per heavy atom. The Balaban J connectivity index is 1.73. The minimum atomic E-state index is -4.41. The van der Waals surface area contributed by atoms with Gasteiger partial charge in [0.2, 0.25) is 5.13 Å². The largest absolute Gasteiger partial charge is 0.494 e. The van der Waals surface area contributed by atoms with E-state index in [1.807, 2.05) is 13.0 Å². The van der Waals surface area contributed by atoms with Crippen LogP contribution in [0.5, 0.6) is 10.9 Å². The summed E-state index contributed by atoms with van der Waals surface area (Å²) < 4.78 is 51.9. The van der Waals surface area contributed by atoms with Gasteiger partial charge < -0.3 is 14.2 Å². The van der Waals surface area contributed by atoms with Crippen molar-refractivity contribution in [1.82, 2.24) is 20.2 Å². The van der Waals surface area contributed by atoms with Crippen LogP contribution in [-0.2, 0) is 4.74 Å². The summed E-state index contributed by atoms with van der Waals surface area (Å²) in [5, 5.41) is 10.5. The molecule has 182 valence electrons. The van der Waals surface area contributed by atoms with Crippen LogP contribution in [0.1, 0.15) is 28.7 Å². The van der Waals surface area contributed by atoms with E-state index in [2.05, 4.69) is 30.2 Å². The number of halogens is 3. The van der Waals surface area contributed by atoms with E-state index in [1.165, 1.54) is 20.2 Å². The number of pyridine rings is 2. The summed E-state index contributed by atoms with van der Waals surface area (Å²) in [5.41, 5.74) is 3.01. The molecular formula is C21H22F3N5O4S. The Hall–Kier alpha value is -3.32. The molecule has 3 rings (SSSR count). The van der Waals surface area contributed by atoms with Crippen molar-refractivity contribution in [2.75, 3.05) is 25.6 Å². The second-order valence-corrected chi connectivity index (χ2v) is 8.22. The number of carbonyl (C=O) groups is 1. The van der Waals surface area contributed by atoms with Crippen molar-refractivity contribution in [2.24, 2.45) is 0 Å². The minimum absolute atomic E-state index is 0.0760. The normalized spacial score (nSPS) is 12.3. The molecule has 0 spiro atoms. The summed E-state index contributed by atoms with van der Waals surface area (Å²) in [7, 11) is 1.52. The lowest BCUT2D eigenvalue weighted by molar-refractivity contribution is -0.177. The maximum atomic E-state index is 13.0. The molecular weight excluding hydrogens is 475 g/mol. The molecule has 0 bridgehead atoms. The predicted molar refractivity (Wildman–Crippen MR) is 118 cm³/mol. The van der Waals surface area contributed by atoms with E-state index in [1.54, 1.807) is 19.2 Å². The van der Waals surface area contributed by atoms with Crippen LogP contribution < -0.4 is 14.8 Å². The van der Waals surface area contributed by atoms with E-state index >= 15 is 0 Å². The number of carbonyl (C=O) groups excluding carboxylic acids is 1. The van der Waals surface area contributed by atoms with Gasteiger partial charge in [-0.15, -0.1) is 5.10 Å². The third-order valence-corrected chi connectivity index (χ3v) is 5.08. The van der Waals surface area contributed by atoms with Crippen molar-refractivity contribution in [3.05, 3.63) is 41.5 Å². The topological polar surface area (TPSA) is 108 Å². The highest BCUT2D eigenvalue weighted by Gasteiger charge is 2.28. The number of alkyl halides is 3. The molecule has 1 amide bonds. The van der Waals surface area contributed by atoms with Gasteiger partial charge in [0.05, 0.1) is 25.5 Å². The molecule has 3 aromatic rings. The first-order valence-electron chi connectivity index (χ1n) is 9.99. The number of hydrogen-bond acceptors (Lipinski definition) is 9. The van der Waals surface area contributed by atoms with Crippen LogP contribution in [0.3, 0.4) is 0 Å². The van der Waals surface area contributed by atoms with Crippen LogP contribution in [0, 0.1) is 13.8 Å². The second kappa shape index (κ2) is 10.7. The lowest BCUT2D eigenvalue weighted by atomic mass is 9.99. The van der Waals surface area contributed by atoms with Crippen LogP contribution >= 0.6 is 11.3 Å². The zero-order valence-corrected chi connectivity index (χ0v) is 19.6. The first-order valence-corrected chi connectivity index (χ1v) is 10.8. The maximum absolute atomic E-state index is 13.0. The Kier molecular flexibility index (Phi) is 7.99. The van der Waals surface area contributed by atoms with Gasteiger partial charge in [-0.05, 0) is 44.2 Å². The smallest absolute Gasteiger partial charge is 0.411 e. The predicted octanol–water partition coefficient (Wildman–Crippen LogP) is 4.22. The second-order valence-electron chi connectivity index (χ2n) is 7.28. The number of nitrogens with zero attached hydrogens (tertiary/aromatic N) is 4. The standard InChI is InChI=1S/C21H22F3N5O4S/c1-11-5-14(15-6-12(2)26-8-17(15)31-4)16(7-25-11)18(30)27-19-28-29-20(34-19)33-13(3)9-32-10-21(22,23)24/h5-8,13H,9-10H2,1-4H3,(H,27,28,30). The number of nitrogens with one attached hydrogen (secondary N) is 1. The number of aryl methyl sites for hydroxylation is 2. The van der Waals surface area contributed by atoms with E-state index in [4.69, 9.17) is 9.47 Å². The molecule has 0 saturated heterocycles. The van der Waals surface area contributed by atoms with Gasteiger partial charge in [-0.1, -0.05) is 5.10 Å². The molecule has 0 aliphatic carbocycles. The van der Waals surface area contributed by atoms with Gasteiger partial charge in [0.25, 0.3) is 11.1 Å². The molecule has 0 aliphatic heterocycles. The van der Waals surface area contributed by atoms with E-state index in [0.29, 0.717) is 22.6 Å². The van der Waals surface area contributed by atoms with Crippen molar-refractivity contribution in [1.29, 1.82) is 0 Å². The number of aromatic nitrogens is 4. The van der Waals surface area contributed by atoms with Crippen LogP contribution in [0.2, 0.25) is 0 Å². The number of anilines is 1. The van der Waals surface area contributed by atoms with Crippen LogP contribution in [0.4, 0.5) is 18.3 Å². The van der Waals surface area contributed by atoms with E-state index in [9.17, 15) is 18.0 Å². The molecule has 0 aliphatic rings. The van der Waals surface area contributed by atoms with Gasteiger partial charge in [0.15, 0.2) is 0 Å². The highest BCUT2D eigenvalue weighted by atomic mass is 32.1. The molecule has 0 aromatic carbocycles. The molecule has 13 heteroatoms. The fourth-order valence-electron chi connectivity index (χ4n) is 2.90. The molecule has 1 unspecified atom stereocenters. The minimum Gasteiger partial charge on any atom is -0.494 e. The molecule has 3 aromatic heterocycles. The van der Waals surface area contributed by atoms with Crippen molar-refractivity contribution >= 4 is 22.4 Å². The van der Waals surface area contributed by atoms with Gasteiger partial charge in [-0.3, -0.25) is 20.1 Å². The number of rotatable bonds is 9. The van der Waals surface area contributed by atoms with Crippen molar-refractivity contribution in [3.8, 4) is 22.1 Å². The Morgan fingerprint density at radius 2 is 1.79 bits per heavy atom. The summed E-state index contributed by atoms with van der Waals surface area (Å²) in [4.78, 5) is 21.5. The summed E-state index contributed by atoms with van der Waals surface area (Å²) in [6, 6.07) is 3.58. The van der Waals surface area contributed by atoms with Crippen LogP contribution in [0.25, 0.3) is 11.1 Å². The Labute approximate surface area is 197 Å². The number of amides is 1. The molecule has 1 N–H and O–H groups in total. The highest BCUT2D eigenvalue weighted by Crippen LogP contribution is 2.33. The lowest BCUT2D eigenvalue weighted by Gasteiger charge is -2.13. The van der Waals surface area contributed by atoms with Crippen molar-refractivity contribution < 1.29 is 32.2 Å². The summed E-state index contributed by atoms with van der Waals surface area (Å²) in [6.07, 6.45) is -2.08. The first kappa shape index (κ1) is 25.3. The summed E-state index contributed by atoms with van der Waals surface area (Å²) in [6.45, 7) is 3.51. The van der Waals surface area contributed by atoms with E-state index < -0.39 is 24.8 Å². The lowest BCUT2D eigenvalue weighted by Crippen LogP contribution is -2.24. The van der Waals surface area contributed by atoms with Gasteiger partial charge in [0, 0.05) is 28.7 Å². The Bertz CT molecular complexity index is 1160. The maximum Gasteiger partial charge on any atom is 0.411 e. The first-order chi connectivity index (χ1) is 16.1. The zero-order chi connectivity index (χ0) is 24.9. The number of ether oxygens (including phenoxy) is 3. The van der Waals surface area contributed by atoms with E-state index in [0.717, 1.165) is 17.0 Å². The molecule has 0 fully saturated rings. The fraction of sp³-hybridized carbons (Fsp3) is 0.381. The van der Waals surface area contributed by atoms with Crippen LogP contribution in [0.15, 0.2) is 24.5 Å². The summed E-state index contributed by atoms with van der Waals surface area (Å²) >= 11 is 0.929. The quantitative estimate of drug-likeness (QED) is 0.468.